The van der Waals surface area contributed by atoms with Gasteiger partial charge in [0.1, 0.15) is 0 Å². The molecule has 0 aromatic carbocycles. The molecule has 0 radical (unpaired) electrons. The zero-order chi connectivity index (χ0) is 8.36. The van der Waals surface area contributed by atoms with Crippen molar-refractivity contribution in [3.05, 3.63) is 0 Å². The maximum absolute atomic E-state index is 10.3. The topological polar surface area (TPSA) is 94.8 Å². The molecule has 0 aliphatic carbocycles. The van der Waals surface area contributed by atoms with E-state index in [1.54, 1.807) is 0 Å². The Morgan fingerprint density at radius 1 is 1.50 bits per heavy atom. The van der Waals surface area contributed by atoms with Gasteiger partial charge in [0.05, 0.1) is 0 Å². The van der Waals surface area contributed by atoms with Crippen molar-refractivity contribution in [2.45, 2.75) is 8.60 Å². The van der Waals surface area contributed by atoms with Crippen LogP contribution in [0.4, 0.5) is 0 Å². The molecular formula is C3H7NaO5S. The molecule has 0 heterocycles. The molecule has 7 heteroatoms. The van der Waals surface area contributed by atoms with Crippen LogP contribution in [0.15, 0.2) is 0 Å². The van der Waals surface area contributed by atoms with E-state index in [4.69, 9.17) is 14.8 Å². The summed E-state index contributed by atoms with van der Waals surface area (Å²) in [5.41, 5.74) is 0. The first-order valence-electron chi connectivity index (χ1n) is 2.64. The number of rotatable bonds is 3. The van der Waals surface area contributed by atoms with Crippen LogP contribution in [0.1, 0.15) is 0 Å². The average Bonchev–Trinajstić information content (AvgIpc) is 1.60. The second-order valence-corrected chi connectivity index (χ2v) is 4.80. The third kappa shape index (κ3) is 3.29. The summed E-state index contributed by atoms with van der Waals surface area (Å²) in [6.45, 7) is -0.747. The molecule has 0 rings (SSSR count). The molecule has 0 fully saturated rings. The zero-order valence-corrected chi connectivity index (χ0v) is 8.24. The first kappa shape index (κ1) is 10.8. The van der Waals surface area contributed by atoms with E-state index in [0.29, 0.717) is 0 Å². The molecule has 5 nitrogen and oxygen atoms in total. The van der Waals surface area contributed by atoms with Gasteiger partial charge >= 0.3 is 76.4 Å². The minimum atomic E-state index is -4.28. The Balaban J connectivity index is 4.38. The Morgan fingerprint density at radius 3 is 1.90 bits per heavy atom. The molecule has 0 aromatic rings. The van der Waals surface area contributed by atoms with Crippen LogP contribution >= 0.6 is 0 Å². The van der Waals surface area contributed by atoms with Crippen molar-refractivity contribution in [1.82, 2.24) is 0 Å². The van der Waals surface area contributed by atoms with E-state index in [0.717, 1.165) is 0 Å². The van der Waals surface area contributed by atoms with Gasteiger partial charge in [0, 0.05) is 0 Å². The van der Waals surface area contributed by atoms with Gasteiger partial charge in [-0.2, -0.15) is 0 Å². The van der Waals surface area contributed by atoms with Crippen molar-refractivity contribution in [2.24, 2.45) is 0 Å². The van der Waals surface area contributed by atoms with Crippen molar-refractivity contribution < 1.29 is 23.2 Å². The van der Waals surface area contributed by atoms with E-state index in [2.05, 4.69) is 0 Å². The third-order valence-electron chi connectivity index (χ3n) is 1.10. The fourth-order valence-electron chi connectivity index (χ4n) is 0.496. The summed E-state index contributed by atoms with van der Waals surface area (Å²) in [4.78, 5) is 0. The molecule has 0 aliphatic rings. The van der Waals surface area contributed by atoms with Crippen LogP contribution in [0.25, 0.3) is 0 Å². The van der Waals surface area contributed by atoms with Gasteiger partial charge in [-0.3, -0.25) is 0 Å². The maximum atomic E-state index is 10.3. The molecule has 0 amide bonds. The number of hydrogen-bond acceptors (Lipinski definition) is 4. The van der Waals surface area contributed by atoms with Gasteiger partial charge in [0.25, 0.3) is 0 Å². The molecule has 2 atom stereocenters. The number of hydrogen-bond donors (Lipinski definition) is 3. The molecular weight excluding hydrogens is 171 g/mol. The summed E-state index contributed by atoms with van der Waals surface area (Å²) in [6.07, 6.45) is 0. The first-order valence-corrected chi connectivity index (χ1v) is 5.30. The predicted octanol–water partition coefficient (Wildman–Crippen LogP) is -2.28. The Labute approximate surface area is 76.2 Å². The van der Waals surface area contributed by atoms with Gasteiger partial charge in [-0.25, -0.2) is 0 Å². The summed E-state index contributed by atoms with van der Waals surface area (Å²) in [7, 11) is -4.28. The third-order valence-corrected chi connectivity index (χ3v) is 3.70. The Hall–Kier alpha value is 0.830. The number of aliphatic hydroxyl groups is 2. The molecule has 56 valence electrons. The van der Waals surface area contributed by atoms with Crippen LogP contribution in [-0.2, 0) is 10.1 Å². The van der Waals surface area contributed by atoms with Crippen molar-refractivity contribution in [2.75, 3.05) is 6.61 Å². The van der Waals surface area contributed by atoms with Crippen LogP contribution < -0.4 is 0 Å². The molecule has 0 saturated carbocycles. The standard InChI is InChI=1S/C3H7O5S.Na/c4-1-3(2-5)9(6,7)8;/h1,3-5H,2H2,(H,6,7,8);. The van der Waals surface area contributed by atoms with Crippen molar-refractivity contribution in [3.8, 4) is 0 Å². The van der Waals surface area contributed by atoms with Crippen molar-refractivity contribution in [1.29, 1.82) is 0 Å². The van der Waals surface area contributed by atoms with Gasteiger partial charge in [-0.1, -0.05) is 0 Å². The van der Waals surface area contributed by atoms with Gasteiger partial charge in [0.2, 0.25) is 0 Å². The normalized spacial score (nSPS) is 18.5. The molecule has 0 bridgehead atoms. The quantitative estimate of drug-likeness (QED) is 0.334. The van der Waals surface area contributed by atoms with Crippen LogP contribution in [0.2, 0.25) is 0 Å². The van der Waals surface area contributed by atoms with Gasteiger partial charge in [-0.15, -0.1) is 0 Å². The fourth-order valence-corrected chi connectivity index (χ4v) is 2.42. The Bertz CT molecular complexity index is 185. The van der Waals surface area contributed by atoms with Crippen molar-refractivity contribution >= 4 is 38.0 Å². The molecule has 0 aromatic heterocycles. The Kier molecular flexibility index (Phi) is 4.34. The van der Waals surface area contributed by atoms with Crippen LogP contribution in [0, 0.1) is 0 Å². The second-order valence-electron chi connectivity index (χ2n) is 1.98. The summed E-state index contributed by atoms with van der Waals surface area (Å²) < 4.78 is 27.7. The number of aliphatic hydroxyl groups excluding tert-OH is 2. The fraction of sp³-hybridized carbons (Fsp3) is 1.00. The molecule has 0 aliphatic heterocycles. The van der Waals surface area contributed by atoms with E-state index >= 15 is 0 Å². The van der Waals surface area contributed by atoms with Gasteiger partial charge in [-0.05, 0) is 0 Å². The zero-order valence-electron chi connectivity index (χ0n) is 5.43. The van der Waals surface area contributed by atoms with E-state index in [1.165, 1.54) is 0 Å². The van der Waals surface area contributed by atoms with Gasteiger partial charge < -0.3 is 0 Å². The first-order chi connectivity index (χ1) is 4.39. The average molecular weight is 178 g/mol. The van der Waals surface area contributed by atoms with Crippen LogP contribution in [-0.4, -0.2) is 66.3 Å². The van der Waals surface area contributed by atoms with Gasteiger partial charge in [0.15, 0.2) is 0 Å². The van der Waals surface area contributed by atoms with E-state index in [1.807, 2.05) is 0 Å². The minimum absolute atomic E-state index is 0.199. The molecule has 2 unspecified atom stereocenters. The van der Waals surface area contributed by atoms with Crippen LogP contribution in [0.3, 0.4) is 0 Å². The van der Waals surface area contributed by atoms with E-state index in [9.17, 15) is 8.42 Å². The SMILES string of the molecule is O=S(=O)(O)C(CO)[CH](O)[Na]. The molecule has 10 heavy (non-hydrogen) atoms. The summed E-state index contributed by atoms with van der Waals surface area (Å²) in [6, 6.07) is 0. The molecule has 0 spiro atoms. The van der Waals surface area contributed by atoms with E-state index < -0.39 is 25.3 Å². The van der Waals surface area contributed by atoms with Crippen molar-refractivity contribution in [3.63, 3.8) is 0 Å². The summed E-state index contributed by atoms with van der Waals surface area (Å²) in [5.74, 6) is 0. The Morgan fingerprint density at radius 2 is 1.90 bits per heavy atom. The summed E-state index contributed by atoms with van der Waals surface area (Å²) in [5, 5.41) is 15.6. The molecule has 0 saturated heterocycles. The predicted molar refractivity (Wildman–Crippen MR) is 34.2 cm³/mol. The second kappa shape index (κ2) is 4.01. The monoisotopic (exact) mass is 178 g/mol. The summed E-state index contributed by atoms with van der Waals surface area (Å²) >= 11 is 0.199. The van der Waals surface area contributed by atoms with Crippen LogP contribution in [0.5, 0.6) is 0 Å². The van der Waals surface area contributed by atoms with E-state index in [-0.39, 0.29) is 27.9 Å². The molecule has 3 N–H and O–H groups in total.